The van der Waals surface area contributed by atoms with Gasteiger partial charge >= 0.3 is 5.97 Å². The lowest BCUT2D eigenvalue weighted by atomic mass is 9.96. The number of nitrogens with one attached hydrogen (secondary N) is 2. The normalized spacial score (nSPS) is 20.8. The summed E-state index contributed by atoms with van der Waals surface area (Å²) < 4.78 is 4.55. The Labute approximate surface area is 123 Å². The van der Waals surface area contributed by atoms with Crippen molar-refractivity contribution in [1.29, 1.82) is 0 Å². The van der Waals surface area contributed by atoms with Crippen molar-refractivity contribution < 1.29 is 19.1 Å². The van der Waals surface area contributed by atoms with Crippen molar-refractivity contribution in [2.75, 3.05) is 7.11 Å². The maximum Gasteiger partial charge on any atom is 0.309 e. The number of esters is 1. The van der Waals surface area contributed by atoms with Gasteiger partial charge in [-0.25, -0.2) is 0 Å². The van der Waals surface area contributed by atoms with Crippen LogP contribution in [0.15, 0.2) is 36.0 Å². The smallest absolute Gasteiger partial charge is 0.309 e. The Kier molecular flexibility index (Phi) is 6.39. The summed E-state index contributed by atoms with van der Waals surface area (Å²) in [5, 5.41) is 5.54. The first-order valence-electron chi connectivity index (χ1n) is 6.60. The highest BCUT2D eigenvalue weighted by Crippen LogP contribution is 2.15. The summed E-state index contributed by atoms with van der Waals surface area (Å²) in [5.41, 5.74) is 0.801. The van der Waals surface area contributed by atoms with Gasteiger partial charge in [-0.3, -0.25) is 14.4 Å². The number of ether oxygens (including phenoxy) is 1. The molecule has 0 bridgehead atoms. The third kappa shape index (κ3) is 6.07. The van der Waals surface area contributed by atoms with E-state index < -0.39 is 0 Å². The molecule has 0 saturated heterocycles. The first kappa shape index (κ1) is 16.7. The second-order valence-corrected chi connectivity index (χ2v) is 4.64. The van der Waals surface area contributed by atoms with E-state index in [0.717, 1.165) is 5.57 Å². The summed E-state index contributed by atoms with van der Waals surface area (Å²) in [7, 11) is 1.33. The Morgan fingerprint density at radius 3 is 2.43 bits per heavy atom. The maximum absolute atomic E-state index is 11.2. The number of hydrogen-bond acceptors (Lipinski definition) is 4. The molecule has 0 spiro atoms. The fourth-order valence-electron chi connectivity index (χ4n) is 1.92. The molecule has 1 rings (SSSR count). The van der Waals surface area contributed by atoms with Gasteiger partial charge in [0, 0.05) is 13.8 Å². The van der Waals surface area contributed by atoms with E-state index in [9.17, 15) is 14.4 Å². The van der Waals surface area contributed by atoms with E-state index >= 15 is 0 Å². The third-order valence-electron chi connectivity index (χ3n) is 2.79. The van der Waals surface area contributed by atoms with Crippen LogP contribution in [-0.4, -0.2) is 37.0 Å². The average molecular weight is 292 g/mol. The molecule has 6 heteroatoms. The van der Waals surface area contributed by atoms with Crippen LogP contribution >= 0.6 is 0 Å². The van der Waals surface area contributed by atoms with Crippen molar-refractivity contribution in [2.24, 2.45) is 0 Å². The molecule has 114 valence electrons. The zero-order valence-corrected chi connectivity index (χ0v) is 12.4. The Bertz CT molecular complexity index is 506. The molecule has 0 radical (unpaired) electrons. The van der Waals surface area contributed by atoms with E-state index in [1.165, 1.54) is 21.0 Å². The molecule has 6 nitrogen and oxygen atoms in total. The number of hydrogen-bond donors (Lipinski definition) is 2. The molecule has 21 heavy (non-hydrogen) atoms. The predicted octanol–water partition coefficient (Wildman–Crippen LogP) is 0.611. The highest BCUT2D eigenvalue weighted by Gasteiger charge is 2.17. The van der Waals surface area contributed by atoms with E-state index in [2.05, 4.69) is 15.4 Å². The summed E-state index contributed by atoms with van der Waals surface area (Å²) in [5.74, 6) is -0.639. The van der Waals surface area contributed by atoms with Crippen molar-refractivity contribution in [2.45, 2.75) is 32.4 Å². The maximum atomic E-state index is 11.2. The standard InChI is InChI=1S/C15H20N2O4/c1-10(18)16-13-7-8-14(17-11(2)19)12(9-13)5-4-6-15(20)21-3/h4-5,7-9,13-14H,6H2,1-3H3,(H,16,18)(H,17,19)/b5-4+. The first-order chi connectivity index (χ1) is 9.92. The lowest BCUT2D eigenvalue weighted by molar-refractivity contribution is -0.139. The van der Waals surface area contributed by atoms with Gasteiger partial charge in [0.25, 0.3) is 0 Å². The molecule has 0 aliphatic heterocycles. The van der Waals surface area contributed by atoms with Crippen LogP contribution in [0.3, 0.4) is 0 Å². The number of methoxy groups -OCH3 is 1. The molecule has 0 fully saturated rings. The number of amides is 2. The van der Waals surface area contributed by atoms with Gasteiger partial charge in [0.05, 0.1) is 25.6 Å². The average Bonchev–Trinajstić information content (AvgIpc) is 2.40. The topological polar surface area (TPSA) is 84.5 Å². The highest BCUT2D eigenvalue weighted by molar-refractivity contribution is 5.75. The van der Waals surface area contributed by atoms with Crippen molar-refractivity contribution in [3.05, 3.63) is 36.0 Å². The van der Waals surface area contributed by atoms with Crippen LogP contribution < -0.4 is 10.6 Å². The summed E-state index contributed by atoms with van der Waals surface area (Å²) in [6, 6.07) is -0.508. The summed E-state index contributed by atoms with van der Waals surface area (Å²) >= 11 is 0. The van der Waals surface area contributed by atoms with Gasteiger partial charge in [-0.15, -0.1) is 0 Å². The van der Waals surface area contributed by atoms with E-state index in [4.69, 9.17) is 0 Å². The zero-order valence-electron chi connectivity index (χ0n) is 12.4. The number of carbonyl (C=O) groups is 3. The minimum Gasteiger partial charge on any atom is -0.469 e. The van der Waals surface area contributed by atoms with Gasteiger partial charge in [-0.1, -0.05) is 30.4 Å². The molecule has 2 N–H and O–H groups in total. The van der Waals surface area contributed by atoms with Crippen LogP contribution in [0.25, 0.3) is 0 Å². The van der Waals surface area contributed by atoms with Gasteiger partial charge in [0.15, 0.2) is 0 Å². The Hall–Kier alpha value is -2.37. The molecule has 0 aromatic heterocycles. The van der Waals surface area contributed by atoms with Crippen molar-refractivity contribution in [3.8, 4) is 0 Å². The number of carbonyl (C=O) groups excluding carboxylic acids is 3. The van der Waals surface area contributed by atoms with Crippen LogP contribution in [0.1, 0.15) is 20.3 Å². The Balaban J connectivity index is 2.82. The molecule has 1 aliphatic carbocycles. The zero-order chi connectivity index (χ0) is 15.8. The number of rotatable bonds is 5. The summed E-state index contributed by atoms with van der Waals surface area (Å²) in [4.78, 5) is 33.4. The van der Waals surface area contributed by atoms with Crippen LogP contribution in [0.2, 0.25) is 0 Å². The van der Waals surface area contributed by atoms with Crippen LogP contribution in [0.5, 0.6) is 0 Å². The lowest BCUT2D eigenvalue weighted by Gasteiger charge is -2.23. The molecule has 0 aromatic carbocycles. The minimum absolute atomic E-state index is 0.142. The molecule has 0 aromatic rings. The summed E-state index contributed by atoms with van der Waals surface area (Å²) in [6.07, 6.45) is 9.00. The largest absolute Gasteiger partial charge is 0.469 e. The molecule has 0 heterocycles. The first-order valence-corrected chi connectivity index (χ1v) is 6.60. The minimum atomic E-state index is -0.340. The fourth-order valence-corrected chi connectivity index (χ4v) is 1.92. The van der Waals surface area contributed by atoms with Crippen molar-refractivity contribution in [3.63, 3.8) is 0 Å². The third-order valence-corrected chi connectivity index (χ3v) is 2.79. The van der Waals surface area contributed by atoms with E-state index in [-0.39, 0.29) is 36.3 Å². The quantitative estimate of drug-likeness (QED) is 0.574. The molecule has 2 amide bonds. The fraction of sp³-hybridized carbons (Fsp3) is 0.400. The van der Waals surface area contributed by atoms with Crippen LogP contribution in [0, 0.1) is 0 Å². The predicted molar refractivity (Wildman–Crippen MR) is 78.2 cm³/mol. The van der Waals surface area contributed by atoms with E-state index in [1.54, 1.807) is 24.3 Å². The molecular formula is C15H20N2O4. The Morgan fingerprint density at radius 1 is 1.19 bits per heavy atom. The van der Waals surface area contributed by atoms with E-state index in [1.807, 2.05) is 6.08 Å². The highest BCUT2D eigenvalue weighted by atomic mass is 16.5. The molecule has 0 saturated carbocycles. The Morgan fingerprint density at radius 2 is 1.86 bits per heavy atom. The van der Waals surface area contributed by atoms with Crippen molar-refractivity contribution >= 4 is 17.8 Å². The second-order valence-electron chi connectivity index (χ2n) is 4.64. The monoisotopic (exact) mass is 292 g/mol. The van der Waals surface area contributed by atoms with Crippen LogP contribution in [-0.2, 0) is 19.1 Å². The van der Waals surface area contributed by atoms with Gasteiger partial charge < -0.3 is 15.4 Å². The molecule has 1 aliphatic rings. The molecular weight excluding hydrogens is 272 g/mol. The van der Waals surface area contributed by atoms with Gasteiger partial charge in [-0.2, -0.15) is 0 Å². The lowest BCUT2D eigenvalue weighted by Crippen LogP contribution is -2.38. The SMILES string of the molecule is COC(=O)C/C=C/C1=CC(NC(C)=O)C=CC1NC(C)=O. The summed E-state index contributed by atoms with van der Waals surface area (Å²) in [6.45, 7) is 2.87. The second kappa shape index (κ2) is 8.04. The van der Waals surface area contributed by atoms with Gasteiger partial charge in [0.1, 0.15) is 0 Å². The molecule has 2 atom stereocenters. The van der Waals surface area contributed by atoms with Gasteiger partial charge in [0.2, 0.25) is 11.8 Å². The van der Waals surface area contributed by atoms with Gasteiger partial charge in [-0.05, 0) is 5.57 Å². The van der Waals surface area contributed by atoms with Crippen LogP contribution in [0.4, 0.5) is 0 Å². The van der Waals surface area contributed by atoms with Crippen molar-refractivity contribution in [1.82, 2.24) is 10.6 Å². The van der Waals surface area contributed by atoms with E-state index in [0.29, 0.717) is 0 Å². The molecule has 2 unspecified atom stereocenters.